The molecular formula is C18H26N2S. The first-order valence-electron chi connectivity index (χ1n) is 7.60. The van der Waals surface area contributed by atoms with Crippen LogP contribution < -0.4 is 5.32 Å². The molecule has 1 N–H and O–H groups in total. The van der Waals surface area contributed by atoms with Gasteiger partial charge in [-0.15, -0.1) is 11.8 Å². The highest BCUT2D eigenvalue weighted by Crippen LogP contribution is 2.46. The van der Waals surface area contributed by atoms with Gasteiger partial charge in [0.05, 0.1) is 11.3 Å². The topological polar surface area (TPSA) is 35.8 Å². The van der Waals surface area contributed by atoms with Crippen molar-refractivity contribution in [3.8, 4) is 6.07 Å². The number of nitrogens with one attached hydrogen (secondary N) is 1. The maximum absolute atomic E-state index is 9.46. The maximum Gasteiger partial charge on any atom is 0.102 e. The average molecular weight is 302 g/mol. The molecule has 3 heteroatoms. The van der Waals surface area contributed by atoms with Gasteiger partial charge in [-0.1, -0.05) is 33.8 Å². The van der Waals surface area contributed by atoms with Crippen molar-refractivity contribution < 1.29 is 0 Å². The molecule has 1 aromatic rings. The van der Waals surface area contributed by atoms with Crippen molar-refractivity contribution in [2.75, 3.05) is 11.6 Å². The molecule has 2 nitrogen and oxygen atoms in total. The van der Waals surface area contributed by atoms with Crippen molar-refractivity contribution in [3.05, 3.63) is 23.8 Å². The number of rotatable bonds is 3. The molecule has 0 atom stereocenters. The summed E-state index contributed by atoms with van der Waals surface area (Å²) in [6, 6.07) is 8.89. The molecule has 0 radical (unpaired) electrons. The van der Waals surface area contributed by atoms with E-state index in [0.717, 1.165) is 29.0 Å². The third-order valence-corrected chi connectivity index (χ3v) is 5.05. The minimum absolute atomic E-state index is 0.351. The second kappa shape index (κ2) is 5.93. The summed E-state index contributed by atoms with van der Waals surface area (Å²) in [5, 5.41) is 13.1. The van der Waals surface area contributed by atoms with E-state index in [1.54, 1.807) is 11.8 Å². The van der Waals surface area contributed by atoms with Crippen LogP contribution in [-0.2, 0) is 0 Å². The number of benzene rings is 1. The predicted octanol–water partition coefficient (Wildman–Crippen LogP) is 5.30. The van der Waals surface area contributed by atoms with Crippen molar-refractivity contribution in [3.63, 3.8) is 0 Å². The first kappa shape index (κ1) is 16.2. The molecule has 0 spiro atoms. The van der Waals surface area contributed by atoms with Crippen LogP contribution in [0.25, 0.3) is 0 Å². The molecule has 0 saturated heterocycles. The smallest absolute Gasteiger partial charge is 0.102 e. The molecule has 114 valence electrons. The van der Waals surface area contributed by atoms with Crippen LogP contribution in [0.15, 0.2) is 23.1 Å². The van der Waals surface area contributed by atoms with E-state index in [0.29, 0.717) is 16.9 Å². The van der Waals surface area contributed by atoms with E-state index in [9.17, 15) is 5.26 Å². The van der Waals surface area contributed by atoms with E-state index in [-0.39, 0.29) is 0 Å². The van der Waals surface area contributed by atoms with Gasteiger partial charge in [0.25, 0.3) is 0 Å². The summed E-state index contributed by atoms with van der Waals surface area (Å²) in [5.74, 6) is 0. The van der Waals surface area contributed by atoms with Crippen LogP contribution in [0.2, 0.25) is 0 Å². The summed E-state index contributed by atoms with van der Waals surface area (Å²) in [6.45, 7) is 9.41. The molecule has 1 saturated carbocycles. The summed E-state index contributed by atoms with van der Waals surface area (Å²) in [6.07, 6.45) is 5.59. The highest BCUT2D eigenvalue weighted by atomic mass is 32.2. The van der Waals surface area contributed by atoms with Crippen LogP contribution in [0, 0.1) is 22.2 Å². The normalized spacial score (nSPS) is 20.8. The van der Waals surface area contributed by atoms with Crippen LogP contribution in [-0.4, -0.2) is 12.3 Å². The van der Waals surface area contributed by atoms with Crippen molar-refractivity contribution >= 4 is 17.4 Å². The van der Waals surface area contributed by atoms with E-state index < -0.39 is 0 Å². The second-order valence-electron chi connectivity index (χ2n) is 7.75. The van der Waals surface area contributed by atoms with Crippen LogP contribution >= 0.6 is 11.8 Å². The first-order chi connectivity index (χ1) is 9.76. The Labute approximate surface area is 133 Å². The minimum Gasteiger partial charge on any atom is -0.381 e. The molecular weight excluding hydrogens is 276 g/mol. The van der Waals surface area contributed by atoms with Crippen LogP contribution in [0.5, 0.6) is 0 Å². The van der Waals surface area contributed by atoms with Gasteiger partial charge in [-0.2, -0.15) is 5.26 Å². The molecule has 21 heavy (non-hydrogen) atoms. The monoisotopic (exact) mass is 302 g/mol. The number of hydrogen-bond acceptors (Lipinski definition) is 3. The summed E-state index contributed by atoms with van der Waals surface area (Å²) < 4.78 is 0. The van der Waals surface area contributed by atoms with E-state index in [2.05, 4.69) is 39.1 Å². The Morgan fingerprint density at radius 2 is 1.81 bits per heavy atom. The van der Waals surface area contributed by atoms with Gasteiger partial charge in [0, 0.05) is 10.9 Å². The first-order valence-corrected chi connectivity index (χ1v) is 8.82. The molecule has 1 aliphatic rings. The number of hydrogen-bond donors (Lipinski definition) is 1. The van der Waals surface area contributed by atoms with Gasteiger partial charge in [-0.25, -0.2) is 0 Å². The molecule has 1 aromatic carbocycles. The lowest BCUT2D eigenvalue weighted by Gasteiger charge is -2.45. The van der Waals surface area contributed by atoms with Crippen LogP contribution in [0.1, 0.15) is 52.5 Å². The Bertz CT molecular complexity index is 539. The third kappa shape index (κ3) is 3.95. The molecule has 0 amide bonds. The van der Waals surface area contributed by atoms with Crippen LogP contribution in [0.4, 0.5) is 5.69 Å². The van der Waals surface area contributed by atoms with Crippen LogP contribution in [0.3, 0.4) is 0 Å². The number of nitrogens with zero attached hydrogens (tertiary/aromatic N) is 1. The van der Waals surface area contributed by atoms with Gasteiger partial charge < -0.3 is 5.32 Å². The minimum atomic E-state index is 0.351. The third-order valence-electron chi connectivity index (χ3n) is 4.27. The number of thioether (sulfide) groups is 1. The summed E-state index contributed by atoms with van der Waals surface area (Å²) in [5.41, 5.74) is 2.47. The summed E-state index contributed by atoms with van der Waals surface area (Å²) >= 11 is 1.63. The molecule has 0 aromatic heterocycles. The lowest BCUT2D eigenvalue weighted by molar-refractivity contribution is 0.105. The van der Waals surface area contributed by atoms with E-state index in [1.807, 2.05) is 24.5 Å². The predicted molar refractivity (Wildman–Crippen MR) is 91.8 cm³/mol. The Morgan fingerprint density at radius 1 is 1.19 bits per heavy atom. The number of nitriles is 1. The summed E-state index contributed by atoms with van der Waals surface area (Å²) in [7, 11) is 0. The fourth-order valence-corrected chi connectivity index (χ4v) is 4.68. The zero-order chi connectivity index (χ0) is 15.7. The largest absolute Gasteiger partial charge is 0.381 e. The Hall–Kier alpha value is -1.14. The van der Waals surface area contributed by atoms with Crippen molar-refractivity contribution in [1.82, 2.24) is 0 Å². The van der Waals surface area contributed by atoms with E-state index in [1.165, 1.54) is 6.42 Å². The quantitative estimate of drug-likeness (QED) is 0.770. The van der Waals surface area contributed by atoms with Gasteiger partial charge >= 0.3 is 0 Å². The highest BCUT2D eigenvalue weighted by molar-refractivity contribution is 7.98. The maximum atomic E-state index is 9.46. The molecule has 1 aliphatic carbocycles. The SMILES string of the molecule is CSc1cccc(NC2CC(C)(C)CC(C)(C)C2)c1C#N. The van der Waals surface area contributed by atoms with Crippen molar-refractivity contribution in [2.45, 2.75) is 57.9 Å². The van der Waals surface area contributed by atoms with Crippen molar-refractivity contribution in [2.24, 2.45) is 10.8 Å². The zero-order valence-electron chi connectivity index (χ0n) is 13.8. The standard InChI is InChI=1S/C18H26N2S/c1-17(2)9-13(10-18(3,4)12-17)20-15-7-6-8-16(21-5)14(15)11-19/h6-8,13,20H,9-10,12H2,1-5H3. The fourth-order valence-electron chi connectivity index (χ4n) is 4.10. The Kier molecular flexibility index (Phi) is 4.58. The molecule has 0 aliphatic heterocycles. The zero-order valence-corrected chi connectivity index (χ0v) is 14.6. The van der Waals surface area contributed by atoms with Crippen molar-refractivity contribution in [1.29, 1.82) is 5.26 Å². The second-order valence-corrected chi connectivity index (χ2v) is 8.60. The van der Waals surface area contributed by atoms with Gasteiger partial charge in [0.1, 0.15) is 6.07 Å². The van der Waals surface area contributed by atoms with E-state index >= 15 is 0 Å². The van der Waals surface area contributed by atoms with Gasteiger partial charge in [-0.3, -0.25) is 0 Å². The lowest BCUT2D eigenvalue weighted by Crippen LogP contribution is -2.40. The molecule has 2 rings (SSSR count). The van der Waals surface area contributed by atoms with Gasteiger partial charge in [-0.05, 0) is 48.5 Å². The Morgan fingerprint density at radius 3 is 2.33 bits per heavy atom. The Balaban J connectivity index is 2.24. The van der Waals surface area contributed by atoms with Gasteiger partial charge in [0.15, 0.2) is 0 Å². The molecule has 0 unspecified atom stereocenters. The highest BCUT2D eigenvalue weighted by Gasteiger charge is 2.38. The number of anilines is 1. The van der Waals surface area contributed by atoms with Gasteiger partial charge in [0.2, 0.25) is 0 Å². The molecule has 0 bridgehead atoms. The van der Waals surface area contributed by atoms with E-state index in [4.69, 9.17) is 0 Å². The lowest BCUT2D eigenvalue weighted by atomic mass is 9.63. The fraction of sp³-hybridized carbons (Fsp3) is 0.611. The summed E-state index contributed by atoms with van der Waals surface area (Å²) in [4.78, 5) is 1.05. The molecule has 1 fully saturated rings. The average Bonchev–Trinajstić information content (AvgIpc) is 2.34. The molecule has 0 heterocycles.